The van der Waals surface area contributed by atoms with Crippen LogP contribution >= 0.6 is 0 Å². The van der Waals surface area contributed by atoms with Gasteiger partial charge in [0.05, 0.1) is 26.2 Å². The van der Waals surface area contributed by atoms with Crippen LogP contribution in [0.2, 0.25) is 0 Å². The van der Waals surface area contributed by atoms with Gasteiger partial charge in [0.15, 0.2) is 0 Å². The summed E-state index contributed by atoms with van der Waals surface area (Å²) >= 11 is 0. The van der Waals surface area contributed by atoms with Crippen LogP contribution in [-0.4, -0.2) is 68.5 Å². The number of methoxy groups -OCH3 is 1. The number of esters is 1. The SMILES string of the molecule is COC(=O)CC1CN(S(=O)(=O)N2CCCCC2C)CCO1. The Bertz CT molecular complexity index is 467. The highest BCUT2D eigenvalue weighted by atomic mass is 32.2. The Morgan fingerprint density at radius 3 is 2.76 bits per heavy atom. The third-order valence-corrected chi connectivity index (χ3v) is 6.21. The van der Waals surface area contributed by atoms with Crippen LogP contribution in [0.15, 0.2) is 0 Å². The van der Waals surface area contributed by atoms with Gasteiger partial charge in [0.25, 0.3) is 10.2 Å². The van der Waals surface area contributed by atoms with E-state index in [1.54, 1.807) is 4.31 Å². The molecule has 0 aliphatic carbocycles. The first-order valence-electron chi connectivity index (χ1n) is 7.40. The van der Waals surface area contributed by atoms with Crippen molar-refractivity contribution in [3.8, 4) is 0 Å². The Labute approximate surface area is 126 Å². The molecule has 2 aliphatic rings. The molecule has 0 radical (unpaired) electrons. The van der Waals surface area contributed by atoms with Gasteiger partial charge in [-0.1, -0.05) is 6.42 Å². The zero-order valence-electron chi connectivity index (χ0n) is 12.7. The van der Waals surface area contributed by atoms with Crippen LogP contribution in [-0.2, 0) is 24.5 Å². The summed E-state index contributed by atoms with van der Waals surface area (Å²) in [6.07, 6.45) is 2.52. The van der Waals surface area contributed by atoms with Crippen molar-refractivity contribution >= 4 is 16.2 Å². The predicted octanol–water partition coefficient (Wildman–Crippen LogP) is 0.370. The van der Waals surface area contributed by atoms with Gasteiger partial charge < -0.3 is 9.47 Å². The standard InChI is InChI=1S/C13H24N2O5S/c1-11-5-3-4-6-15(11)21(17,18)14-7-8-20-12(10-14)9-13(16)19-2/h11-12H,3-10H2,1-2H3. The highest BCUT2D eigenvalue weighted by Gasteiger charge is 2.37. The Morgan fingerprint density at radius 1 is 1.33 bits per heavy atom. The van der Waals surface area contributed by atoms with Gasteiger partial charge in [-0.15, -0.1) is 0 Å². The molecule has 2 unspecified atom stereocenters. The van der Waals surface area contributed by atoms with Crippen molar-refractivity contribution in [1.82, 2.24) is 8.61 Å². The summed E-state index contributed by atoms with van der Waals surface area (Å²) < 4.78 is 38.6. The third kappa shape index (κ3) is 3.94. The molecule has 2 aliphatic heterocycles. The normalized spacial score (nSPS) is 29.2. The molecule has 122 valence electrons. The van der Waals surface area contributed by atoms with Gasteiger partial charge in [-0.2, -0.15) is 17.0 Å². The van der Waals surface area contributed by atoms with Gasteiger partial charge in [-0.05, 0) is 19.8 Å². The van der Waals surface area contributed by atoms with E-state index in [9.17, 15) is 13.2 Å². The van der Waals surface area contributed by atoms with E-state index in [0.29, 0.717) is 19.7 Å². The fourth-order valence-corrected chi connectivity index (χ4v) is 4.73. The van der Waals surface area contributed by atoms with Crippen molar-refractivity contribution in [2.24, 2.45) is 0 Å². The molecule has 7 nitrogen and oxygen atoms in total. The first kappa shape index (κ1) is 16.7. The quantitative estimate of drug-likeness (QED) is 0.700. The molecule has 0 spiro atoms. The minimum Gasteiger partial charge on any atom is -0.469 e. The van der Waals surface area contributed by atoms with E-state index >= 15 is 0 Å². The largest absolute Gasteiger partial charge is 0.469 e. The van der Waals surface area contributed by atoms with Gasteiger partial charge in [-0.3, -0.25) is 4.79 Å². The lowest BCUT2D eigenvalue weighted by atomic mass is 10.1. The molecule has 21 heavy (non-hydrogen) atoms. The van der Waals surface area contributed by atoms with Crippen LogP contribution in [0, 0.1) is 0 Å². The van der Waals surface area contributed by atoms with Crippen LogP contribution in [0.25, 0.3) is 0 Å². The van der Waals surface area contributed by atoms with Gasteiger partial charge in [0.1, 0.15) is 0 Å². The molecule has 2 saturated heterocycles. The van der Waals surface area contributed by atoms with E-state index in [0.717, 1.165) is 19.3 Å². The maximum Gasteiger partial charge on any atom is 0.308 e. The molecule has 0 aromatic carbocycles. The van der Waals surface area contributed by atoms with E-state index in [1.165, 1.54) is 11.4 Å². The number of hydrogen-bond acceptors (Lipinski definition) is 5. The van der Waals surface area contributed by atoms with E-state index < -0.39 is 16.3 Å². The van der Waals surface area contributed by atoms with Crippen LogP contribution in [0.1, 0.15) is 32.6 Å². The Balaban J connectivity index is 2.03. The Morgan fingerprint density at radius 2 is 2.10 bits per heavy atom. The summed E-state index contributed by atoms with van der Waals surface area (Å²) in [5.41, 5.74) is 0. The number of rotatable bonds is 4. The number of carbonyl (C=O) groups is 1. The van der Waals surface area contributed by atoms with Crippen molar-refractivity contribution in [3.63, 3.8) is 0 Å². The molecule has 0 saturated carbocycles. The maximum atomic E-state index is 12.7. The number of ether oxygens (including phenoxy) is 2. The zero-order valence-corrected chi connectivity index (χ0v) is 13.5. The Hall–Kier alpha value is -0.700. The average Bonchev–Trinajstić information content (AvgIpc) is 2.47. The van der Waals surface area contributed by atoms with Crippen molar-refractivity contribution in [2.75, 3.05) is 33.4 Å². The summed E-state index contributed by atoms with van der Waals surface area (Å²) in [5.74, 6) is -0.384. The summed E-state index contributed by atoms with van der Waals surface area (Å²) in [5, 5.41) is 0. The second kappa shape index (κ2) is 7.04. The molecule has 8 heteroatoms. The predicted molar refractivity (Wildman–Crippen MR) is 76.9 cm³/mol. The molecule has 2 atom stereocenters. The second-order valence-corrected chi connectivity index (χ2v) is 7.48. The minimum absolute atomic E-state index is 0.0330. The molecule has 2 fully saturated rings. The third-order valence-electron chi connectivity index (χ3n) is 4.09. The molecule has 2 rings (SSSR count). The second-order valence-electron chi connectivity index (χ2n) is 5.59. The molecular formula is C13H24N2O5S. The van der Waals surface area contributed by atoms with Crippen LogP contribution in [0.5, 0.6) is 0 Å². The van der Waals surface area contributed by atoms with Crippen molar-refractivity contribution < 1.29 is 22.7 Å². The van der Waals surface area contributed by atoms with Crippen molar-refractivity contribution in [2.45, 2.75) is 44.8 Å². The lowest BCUT2D eigenvalue weighted by molar-refractivity contribution is -0.145. The molecule has 0 amide bonds. The number of morpholine rings is 1. The number of piperidine rings is 1. The summed E-state index contributed by atoms with van der Waals surface area (Å²) in [4.78, 5) is 11.3. The zero-order chi connectivity index (χ0) is 15.5. The highest BCUT2D eigenvalue weighted by Crippen LogP contribution is 2.24. The fourth-order valence-electron chi connectivity index (χ4n) is 2.86. The smallest absolute Gasteiger partial charge is 0.308 e. The highest BCUT2D eigenvalue weighted by molar-refractivity contribution is 7.86. The lowest BCUT2D eigenvalue weighted by Gasteiger charge is -2.39. The number of carbonyl (C=O) groups excluding carboxylic acids is 1. The van der Waals surface area contributed by atoms with Crippen LogP contribution < -0.4 is 0 Å². The van der Waals surface area contributed by atoms with Gasteiger partial charge in [-0.25, -0.2) is 0 Å². The first-order valence-corrected chi connectivity index (χ1v) is 8.80. The summed E-state index contributed by atoms with van der Waals surface area (Å²) in [7, 11) is -2.16. The molecule has 2 heterocycles. The number of nitrogens with zero attached hydrogens (tertiary/aromatic N) is 2. The molecular weight excluding hydrogens is 296 g/mol. The van der Waals surface area contributed by atoms with E-state index in [-0.39, 0.29) is 25.0 Å². The first-order chi connectivity index (χ1) is 9.95. The van der Waals surface area contributed by atoms with E-state index in [4.69, 9.17) is 4.74 Å². The van der Waals surface area contributed by atoms with Crippen LogP contribution in [0.3, 0.4) is 0 Å². The lowest BCUT2D eigenvalue weighted by Crippen LogP contribution is -2.54. The van der Waals surface area contributed by atoms with Crippen molar-refractivity contribution in [3.05, 3.63) is 0 Å². The van der Waals surface area contributed by atoms with Gasteiger partial charge >= 0.3 is 5.97 Å². The summed E-state index contributed by atoms with van der Waals surface area (Å²) in [6, 6.07) is 0.0330. The van der Waals surface area contributed by atoms with Crippen LogP contribution in [0.4, 0.5) is 0 Å². The topological polar surface area (TPSA) is 76.2 Å². The van der Waals surface area contributed by atoms with Gasteiger partial charge in [0, 0.05) is 25.7 Å². The molecule has 0 aromatic heterocycles. The summed E-state index contributed by atoms with van der Waals surface area (Å²) in [6.45, 7) is 3.37. The molecule has 0 N–H and O–H groups in total. The van der Waals surface area contributed by atoms with E-state index in [1.807, 2.05) is 6.92 Å². The van der Waals surface area contributed by atoms with Crippen molar-refractivity contribution in [1.29, 1.82) is 0 Å². The Kier molecular flexibility index (Phi) is 5.59. The molecule has 0 bridgehead atoms. The fraction of sp³-hybridized carbons (Fsp3) is 0.923. The van der Waals surface area contributed by atoms with Gasteiger partial charge in [0.2, 0.25) is 0 Å². The monoisotopic (exact) mass is 320 g/mol. The molecule has 0 aromatic rings. The minimum atomic E-state index is -3.48. The average molecular weight is 320 g/mol. The number of hydrogen-bond donors (Lipinski definition) is 0. The maximum absolute atomic E-state index is 12.7. The van der Waals surface area contributed by atoms with E-state index in [2.05, 4.69) is 4.74 Å².